The Hall–Kier alpha value is -1.96. The molecule has 0 N–H and O–H groups in total. The highest BCUT2D eigenvalue weighted by Gasteiger charge is 2.29. The predicted octanol–water partition coefficient (Wildman–Crippen LogP) is 1.24. The molecule has 0 aromatic carbocycles. The standard InChI is InChI=1S/C12H10O5P/c1-3-11(7-5-9-13)16-18(15)17-12(4-2)8-6-10-14/h1-2,5-6,11-12H,7-8H2/q+1. The summed E-state index contributed by atoms with van der Waals surface area (Å²) in [7, 11) is -2.54. The highest BCUT2D eigenvalue weighted by Crippen LogP contribution is 2.29. The molecule has 0 saturated carbocycles. The van der Waals surface area contributed by atoms with Gasteiger partial charge in [-0.25, -0.2) is 9.59 Å². The van der Waals surface area contributed by atoms with Crippen molar-refractivity contribution in [2.45, 2.75) is 25.0 Å². The third kappa shape index (κ3) is 7.34. The molecular formula is C12H10O5P+. The second-order valence-electron chi connectivity index (χ2n) is 2.86. The molecule has 0 fully saturated rings. The van der Waals surface area contributed by atoms with E-state index in [9.17, 15) is 14.2 Å². The lowest BCUT2D eigenvalue weighted by Gasteiger charge is -2.00. The lowest BCUT2D eigenvalue weighted by molar-refractivity contribution is 0.178. The monoisotopic (exact) mass is 265 g/mol. The Bertz CT molecular complexity index is 416. The van der Waals surface area contributed by atoms with Gasteiger partial charge in [0.05, 0.1) is 0 Å². The summed E-state index contributed by atoms with van der Waals surface area (Å²) in [5.74, 6) is 7.41. The average Bonchev–Trinajstić information content (AvgIpc) is 2.39. The molecule has 2 atom stereocenters. The summed E-state index contributed by atoms with van der Waals surface area (Å²) in [6.45, 7) is 0. The molecule has 0 aliphatic rings. The van der Waals surface area contributed by atoms with Crippen molar-refractivity contribution in [3.63, 3.8) is 0 Å². The zero-order valence-corrected chi connectivity index (χ0v) is 10.3. The summed E-state index contributed by atoms with van der Waals surface area (Å²) >= 11 is 0. The summed E-state index contributed by atoms with van der Waals surface area (Å²) in [4.78, 5) is 20.0. The van der Waals surface area contributed by atoms with Gasteiger partial charge in [0.15, 0.2) is 12.2 Å². The van der Waals surface area contributed by atoms with Gasteiger partial charge >= 0.3 is 8.25 Å². The van der Waals surface area contributed by atoms with Crippen molar-refractivity contribution < 1.29 is 23.2 Å². The highest BCUT2D eigenvalue weighted by molar-refractivity contribution is 7.33. The summed E-state index contributed by atoms with van der Waals surface area (Å²) in [6.07, 6.45) is 10.8. The largest absolute Gasteiger partial charge is 0.699 e. The molecule has 6 heteroatoms. The van der Waals surface area contributed by atoms with Gasteiger partial charge < -0.3 is 0 Å². The summed E-state index contributed by atoms with van der Waals surface area (Å²) < 4.78 is 21.1. The molecule has 0 aromatic rings. The van der Waals surface area contributed by atoms with E-state index in [4.69, 9.17) is 21.9 Å². The van der Waals surface area contributed by atoms with Crippen molar-refractivity contribution in [1.29, 1.82) is 0 Å². The van der Waals surface area contributed by atoms with Crippen LogP contribution >= 0.6 is 8.25 Å². The molecular weight excluding hydrogens is 255 g/mol. The Morgan fingerprint density at radius 1 is 1.00 bits per heavy atom. The number of hydrogen-bond donors (Lipinski definition) is 0. The maximum Gasteiger partial charge on any atom is 0.699 e. The van der Waals surface area contributed by atoms with Gasteiger partial charge in [0.2, 0.25) is 0 Å². The number of rotatable bonds is 8. The van der Waals surface area contributed by atoms with Gasteiger partial charge in [-0.15, -0.1) is 21.9 Å². The van der Waals surface area contributed by atoms with E-state index in [1.807, 2.05) is 0 Å². The smallest absolute Gasteiger partial charge is 0.234 e. The minimum atomic E-state index is -2.54. The van der Waals surface area contributed by atoms with Crippen LogP contribution in [0, 0.1) is 24.7 Å². The maximum atomic E-state index is 11.4. The topological polar surface area (TPSA) is 69.7 Å². The fourth-order valence-electron chi connectivity index (χ4n) is 0.826. The van der Waals surface area contributed by atoms with Crippen LogP contribution in [0.3, 0.4) is 0 Å². The van der Waals surface area contributed by atoms with E-state index in [0.717, 1.165) is 12.2 Å². The molecule has 0 bridgehead atoms. The molecule has 18 heavy (non-hydrogen) atoms. The quantitative estimate of drug-likeness (QED) is 0.375. The third-order valence-electron chi connectivity index (χ3n) is 1.63. The molecule has 0 rings (SSSR count). The van der Waals surface area contributed by atoms with Crippen molar-refractivity contribution in [1.82, 2.24) is 0 Å². The SMILES string of the molecule is C#CC(CC=C=O)O[P+](=O)OC(C#C)CC=C=O. The second-order valence-corrected chi connectivity index (χ2v) is 3.73. The van der Waals surface area contributed by atoms with Crippen molar-refractivity contribution in [2.75, 3.05) is 0 Å². The lowest BCUT2D eigenvalue weighted by Crippen LogP contribution is -2.09. The van der Waals surface area contributed by atoms with E-state index >= 15 is 0 Å². The van der Waals surface area contributed by atoms with Crippen molar-refractivity contribution >= 4 is 20.1 Å². The summed E-state index contributed by atoms with van der Waals surface area (Å²) in [5, 5.41) is 0. The zero-order chi connectivity index (χ0) is 13.8. The fourth-order valence-corrected chi connectivity index (χ4v) is 1.59. The average molecular weight is 265 g/mol. The highest BCUT2D eigenvalue weighted by atomic mass is 31.1. The third-order valence-corrected chi connectivity index (χ3v) is 2.48. The van der Waals surface area contributed by atoms with Crippen LogP contribution in [0.5, 0.6) is 0 Å². The van der Waals surface area contributed by atoms with Gasteiger partial charge in [-0.1, -0.05) is 11.8 Å². The first-order chi connectivity index (χ1) is 8.67. The van der Waals surface area contributed by atoms with Gasteiger partial charge in [-0.05, 0) is 0 Å². The van der Waals surface area contributed by atoms with Crippen LogP contribution in [0.15, 0.2) is 12.2 Å². The molecule has 0 saturated heterocycles. The van der Waals surface area contributed by atoms with E-state index < -0.39 is 20.5 Å². The Morgan fingerprint density at radius 2 is 1.39 bits per heavy atom. The van der Waals surface area contributed by atoms with Crippen molar-refractivity contribution in [2.24, 2.45) is 0 Å². The molecule has 5 nitrogen and oxygen atoms in total. The zero-order valence-electron chi connectivity index (χ0n) is 9.37. The molecule has 0 aliphatic carbocycles. The van der Waals surface area contributed by atoms with E-state index in [1.165, 1.54) is 11.9 Å². The molecule has 0 amide bonds. The van der Waals surface area contributed by atoms with E-state index in [0.29, 0.717) is 0 Å². The van der Waals surface area contributed by atoms with Crippen molar-refractivity contribution in [3.8, 4) is 24.7 Å². The lowest BCUT2D eigenvalue weighted by atomic mass is 10.3. The van der Waals surface area contributed by atoms with Gasteiger partial charge in [-0.2, -0.15) is 0 Å². The minimum absolute atomic E-state index is 0.0688. The fraction of sp³-hybridized carbons (Fsp3) is 0.333. The number of hydrogen-bond acceptors (Lipinski definition) is 5. The maximum absolute atomic E-state index is 11.4. The van der Waals surface area contributed by atoms with E-state index in [1.54, 1.807) is 0 Å². The first kappa shape index (κ1) is 16.0. The first-order valence-corrected chi connectivity index (χ1v) is 5.89. The van der Waals surface area contributed by atoms with Crippen LogP contribution in [0.4, 0.5) is 0 Å². The van der Waals surface area contributed by atoms with Crippen LogP contribution in [0.1, 0.15) is 12.8 Å². The van der Waals surface area contributed by atoms with Gasteiger partial charge in [0, 0.05) is 29.6 Å². The Morgan fingerprint density at radius 3 is 1.67 bits per heavy atom. The van der Waals surface area contributed by atoms with Crippen LogP contribution in [0.2, 0.25) is 0 Å². The molecule has 2 unspecified atom stereocenters. The van der Waals surface area contributed by atoms with E-state index in [-0.39, 0.29) is 12.8 Å². The van der Waals surface area contributed by atoms with Crippen molar-refractivity contribution in [3.05, 3.63) is 12.2 Å². The van der Waals surface area contributed by atoms with Crippen LogP contribution in [-0.2, 0) is 23.2 Å². The molecule has 0 aromatic heterocycles. The Kier molecular flexibility index (Phi) is 9.10. The first-order valence-electron chi connectivity index (χ1n) is 4.79. The summed E-state index contributed by atoms with van der Waals surface area (Å²) in [5.41, 5.74) is 0. The Balaban J connectivity index is 4.31. The minimum Gasteiger partial charge on any atom is -0.234 e. The normalized spacial score (nSPS) is 12.9. The number of terminal acetylenes is 2. The number of carbonyl (C=O) groups excluding carboxylic acids is 2. The van der Waals surface area contributed by atoms with E-state index in [2.05, 4.69) is 11.8 Å². The molecule has 0 spiro atoms. The van der Waals surface area contributed by atoms with Gasteiger partial charge in [0.1, 0.15) is 11.9 Å². The molecule has 0 heterocycles. The molecule has 0 radical (unpaired) electrons. The second kappa shape index (κ2) is 10.2. The summed E-state index contributed by atoms with van der Waals surface area (Å²) in [6, 6.07) is 0. The van der Waals surface area contributed by atoms with Crippen LogP contribution in [0.25, 0.3) is 0 Å². The predicted molar refractivity (Wildman–Crippen MR) is 64.8 cm³/mol. The molecule has 92 valence electrons. The molecule has 0 aliphatic heterocycles. The van der Waals surface area contributed by atoms with Crippen LogP contribution < -0.4 is 0 Å². The van der Waals surface area contributed by atoms with Crippen LogP contribution in [-0.4, -0.2) is 24.1 Å². The Labute approximate surface area is 106 Å². The van der Waals surface area contributed by atoms with Gasteiger partial charge in [-0.3, -0.25) is 0 Å². The van der Waals surface area contributed by atoms with Gasteiger partial charge in [0.25, 0.3) is 0 Å².